The molecule has 1 aliphatic heterocycles. The van der Waals surface area contributed by atoms with Crippen LogP contribution in [0.1, 0.15) is 37.2 Å². The van der Waals surface area contributed by atoms with Crippen molar-refractivity contribution in [3.8, 4) is 0 Å². The second-order valence-electron chi connectivity index (χ2n) is 7.58. The highest BCUT2D eigenvalue weighted by Gasteiger charge is 2.40. The Hall–Kier alpha value is -0.700. The third-order valence-electron chi connectivity index (χ3n) is 4.70. The van der Waals surface area contributed by atoms with Gasteiger partial charge in [0, 0.05) is 19.0 Å². The largest absolute Gasteiger partial charge is 0.383 e. The van der Waals surface area contributed by atoms with E-state index in [2.05, 4.69) is 31.9 Å². The Balaban J connectivity index is 1.81. The van der Waals surface area contributed by atoms with E-state index < -0.39 is 30.2 Å². The van der Waals surface area contributed by atoms with Crippen LogP contribution < -0.4 is 0 Å². The zero-order valence-corrected chi connectivity index (χ0v) is 21.5. The molecule has 8 heteroatoms. The molecule has 0 spiro atoms. The van der Waals surface area contributed by atoms with E-state index in [1.807, 2.05) is 13.8 Å². The van der Waals surface area contributed by atoms with Crippen LogP contribution in [-0.4, -0.2) is 28.2 Å². The number of hydrogen-bond acceptors (Lipinski definition) is 4. The number of benzene rings is 2. The van der Waals surface area contributed by atoms with Crippen molar-refractivity contribution in [2.75, 3.05) is 0 Å². The molecule has 166 valence electrons. The first-order valence-corrected chi connectivity index (χ1v) is 11.9. The van der Waals surface area contributed by atoms with Crippen LogP contribution in [0.3, 0.4) is 0 Å². The van der Waals surface area contributed by atoms with Crippen molar-refractivity contribution in [3.63, 3.8) is 0 Å². The Morgan fingerprint density at radius 1 is 0.806 bits per heavy atom. The number of ether oxygens (including phenoxy) is 2. The lowest BCUT2D eigenvalue weighted by atomic mass is 10.1. The number of rotatable bonds is 6. The standard InChI is InChI=1S/C23H22Br2Cl2O4/c1-23(2)30-19(11-17(24)21(28)13-3-7-15(26)8-4-13)20(31-23)12-18(25)22(29)14-5-9-16(27)10-6-14/h3-12,19-22,28-29H,1-2H3/b17-11+,18-12+/t19-,20-,21?,22?/m1/s1. The fourth-order valence-electron chi connectivity index (χ4n) is 3.18. The first kappa shape index (κ1) is 24.9. The van der Waals surface area contributed by atoms with E-state index >= 15 is 0 Å². The molecule has 0 amide bonds. The van der Waals surface area contributed by atoms with Crippen molar-refractivity contribution in [1.82, 2.24) is 0 Å². The van der Waals surface area contributed by atoms with E-state index in [0.717, 1.165) is 0 Å². The van der Waals surface area contributed by atoms with Crippen molar-refractivity contribution >= 4 is 55.1 Å². The van der Waals surface area contributed by atoms with Crippen molar-refractivity contribution in [2.45, 2.75) is 44.1 Å². The lowest BCUT2D eigenvalue weighted by molar-refractivity contribution is -0.139. The maximum absolute atomic E-state index is 10.7. The Morgan fingerprint density at radius 2 is 1.13 bits per heavy atom. The predicted molar refractivity (Wildman–Crippen MR) is 131 cm³/mol. The van der Waals surface area contributed by atoms with Gasteiger partial charge in [-0.1, -0.05) is 79.3 Å². The molecular formula is C23H22Br2Cl2O4. The van der Waals surface area contributed by atoms with Crippen LogP contribution in [0.25, 0.3) is 0 Å². The minimum absolute atomic E-state index is 0.490. The highest BCUT2D eigenvalue weighted by Crippen LogP contribution is 2.36. The molecule has 2 aromatic rings. The van der Waals surface area contributed by atoms with E-state index in [1.165, 1.54) is 0 Å². The van der Waals surface area contributed by atoms with E-state index in [1.54, 1.807) is 60.7 Å². The van der Waals surface area contributed by atoms with Gasteiger partial charge in [0.15, 0.2) is 5.79 Å². The van der Waals surface area contributed by atoms with E-state index in [0.29, 0.717) is 30.1 Å². The zero-order valence-electron chi connectivity index (χ0n) is 16.8. The molecule has 0 radical (unpaired) electrons. The maximum atomic E-state index is 10.7. The molecule has 0 saturated carbocycles. The SMILES string of the molecule is CC1(C)O[C@H](/C=C(/Br)C(O)c2ccc(Cl)cc2)[C@@H](/C=C(/Br)C(O)c2ccc(Cl)cc2)O1. The smallest absolute Gasteiger partial charge is 0.164 e. The molecule has 1 fully saturated rings. The molecular weight excluding hydrogens is 571 g/mol. The average Bonchev–Trinajstić information content (AvgIpc) is 3.00. The number of hydrogen-bond donors (Lipinski definition) is 2. The van der Waals surface area contributed by atoms with Crippen LogP contribution in [0.15, 0.2) is 69.6 Å². The molecule has 0 aliphatic carbocycles. The summed E-state index contributed by atoms with van der Waals surface area (Å²) in [5, 5.41) is 22.5. The number of halogens is 4. The molecule has 2 unspecified atom stereocenters. The maximum Gasteiger partial charge on any atom is 0.164 e. The summed E-state index contributed by atoms with van der Waals surface area (Å²) in [4.78, 5) is 0. The van der Waals surface area contributed by atoms with Gasteiger partial charge in [-0.25, -0.2) is 0 Å². The van der Waals surface area contributed by atoms with Crippen LogP contribution in [0.5, 0.6) is 0 Å². The summed E-state index contributed by atoms with van der Waals surface area (Å²) in [5.74, 6) is -0.834. The Morgan fingerprint density at radius 3 is 1.45 bits per heavy atom. The molecule has 2 aromatic carbocycles. The Labute approximate surface area is 208 Å². The summed E-state index contributed by atoms with van der Waals surface area (Å²) in [6.45, 7) is 3.63. The van der Waals surface area contributed by atoms with Gasteiger partial charge in [-0.15, -0.1) is 0 Å². The molecule has 1 heterocycles. The fourth-order valence-corrected chi connectivity index (χ4v) is 4.48. The van der Waals surface area contributed by atoms with Crippen LogP contribution in [0.4, 0.5) is 0 Å². The first-order valence-electron chi connectivity index (χ1n) is 9.53. The van der Waals surface area contributed by atoms with Gasteiger partial charge in [0.25, 0.3) is 0 Å². The van der Waals surface area contributed by atoms with Gasteiger partial charge in [-0.2, -0.15) is 0 Å². The van der Waals surface area contributed by atoms with E-state index in [-0.39, 0.29) is 0 Å². The molecule has 1 saturated heterocycles. The molecule has 1 aliphatic rings. The molecule has 3 rings (SSSR count). The highest BCUT2D eigenvalue weighted by atomic mass is 79.9. The van der Waals surface area contributed by atoms with Gasteiger partial charge < -0.3 is 19.7 Å². The monoisotopic (exact) mass is 590 g/mol. The quantitative estimate of drug-likeness (QED) is 0.386. The van der Waals surface area contributed by atoms with Crippen molar-refractivity contribution in [1.29, 1.82) is 0 Å². The van der Waals surface area contributed by atoms with Crippen molar-refractivity contribution in [3.05, 3.63) is 90.8 Å². The van der Waals surface area contributed by atoms with Crippen LogP contribution in [-0.2, 0) is 9.47 Å². The summed E-state index contributed by atoms with van der Waals surface area (Å²) >= 11 is 18.8. The predicted octanol–water partition coefficient (Wildman–Crippen LogP) is 6.84. The second-order valence-corrected chi connectivity index (χ2v) is 10.3. The molecule has 31 heavy (non-hydrogen) atoms. The molecule has 0 bridgehead atoms. The van der Waals surface area contributed by atoms with Gasteiger partial charge in [0.05, 0.1) is 0 Å². The molecule has 0 aromatic heterocycles. The van der Waals surface area contributed by atoms with Crippen LogP contribution in [0, 0.1) is 0 Å². The third-order valence-corrected chi connectivity index (χ3v) is 6.60. The first-order chi connectivity index (χ1) is 14.6. The third kappa shape index (κ3) is 6.65. The normalized spacial score (nSPS) is 23.6. The lowest BCUT2D eigenvalue weighted by Gasteiger charge is -2.16. The van der Waals surface area contributed by atoms with Gasteiger partial charge in [0.2, 0.25) is 0 Å². The van der Waals surface area contributed by atoms with Crippen molar-refractivity contribution < 1.29 is 19.7 Å². The van der Waals surface area contributed by atoms with Crippen LogP contribution >= 0.6 is 55.1 Å². The van der Waals surface area contributed by atoms with Gasteiger partial charge >= 0.3 is 0 Å². The molecule has 4 nitrogen and oxygen atoms in total. The topological polar surface area (TPSA) is 58.9 Å². The summed E-state index contributed by atoms with van der Waals surface area (Å²) in [5.41, 5.74) is 1.38. The second kappa shape index (κ2) is 10.5. The number of aliphatic hydroxyl groups excluding tert-OH is 2. The summed E-state index contributed by atoms with van der Waals surface area (Å²) < 4.78 is 13.1. The zero-order chi connectivity index (χ0) is 22.8. The Bertz CT molecular complexity index is 881. The molecule has 4 atom stereocenters. The van der Waals surface area contributed by atoms with Crippen molar-refractivity contribution in [2.24, 2.45) is 0 Å². The summed E-state index contributed by atoms with van der Waals surface area (Å²) in [6, 6.07) is 13.9. The van der Waals surface area contributed by atoms with E-state index in [4.69, 9.17) is 32.7 Å². The average molecular weight is 593 g/mol. The van der Waals surface area contributed by atoms with Gasteiger partial charge in [-0.3, -0.25) is 0 Å². The molecule has 2 N–H and O–H groups in total. The highest BCUT2D eigenvalue weighted by molar-refractivity contribution is 9.12. The minimum Gasteiger partial charge on any atom is -0.383 e. The van der Waals surface area contributed by atoms with Crippen LogP contribution in [0.2, 0.25) is 10.0 Å². The lowest BCUT2D eigenvalue weighted by Crippen LogP contribution is -2.21. The summed E-state index contributed by atoms with van der Waals surface area (Å²) in [6.07, 6.45) is 0.802. The fraction of sp³-hybridized carbons (Fsp3) is 0.304. The number of aliphatic hydroxyl groups is 2. The Kier molecular flexibility index (Phi) is 8.44. The summed E-state index contributed by atoms with van der Waals surface area (Å²) in [7, 11) is 0. The van der Waals surface area contributed by atoms with E-state index in [9.17, 15) is 10.2 Å². The van der Waals surface area contributed by atoms with Gasteiger partial charge in [-0.05, 0) is 61.4 Å². The van der Waals surface area contributed by atoms with Gasteiger partial charge in [0.1, 0.15) is 24.4 Å². The minimum atomic E-state index is -0.877.